The Balaban J connectivity index is 1.42. The lowest BCUT2D eigenvalue weighted by atomic mass is 9.98. The van der Waals surface area contributed by atoms with Crippen LogP contribution in [0.15, 0.2) is 103 Å². The van der Waals surface area contributed by atoms with Crippen LogP contribution >= 0.6 is 0 Å². The summed E-state index contributed by atoms with van der Waals surface area (Å²) in [5, 5.41) is 26.7. The Hall–Kier alpha value is -3.90. The summed E-state index contributed by atoms with van der Waals surface area (Å²) in [4.78, 5) is 27.4. The fourth-order valence-electron chi connectivity index (χ4n) is 9.18. The molecule has 10 nitrogen and oxygen atoms in total. The minimum absolute atomic E-state index is 0.00975. The number of nitrogens with one attached hydrogen (secondary N) is 1. The number of aliphatic hydroxyl groups is 2. The Bertz CT molecular complexity index is 1780. The summed E-state index contributed by atoms with van der Waals surface area (Å²) in [5.41, 5.74) is 2.13. The summed E-state index contributed by atoms with van der Waals surface area (Å²) < 4.78 is 31.7. The van der Waals surface area contributed by atoms with E-state index in [0.29, 0.717) is 12.0 Å². The van der Waals surface area contributed by atoms with Gasteiger partial charge in [0.25, 0.3) is 0 Å². The van der Waals surface area contributed by atoms with Gasteiger partial charge in [0.2, 0.25) is 5.91 Å². The number of esters is 1. The second kappa shape index (κ2) is 38.7. The highest BCUT2D eigenvalue weighted by atomic mass is 16.7. The Morgan fingerprint density at radius 2 is 1.08 bits per heavy atom. The molecule has 3 N–H and O–H groups in total. The van der Waals surface area contributed by atoms with Gasteiger partial charge >= 0.3 is 5.97 Å². The van der Waals surface area contributed by atoms with Crippen molar-refractivity contribution in [1.82, 2.24) is 5.32 Å². The van der Waals surface area contributed by atoms with E-state index in [2.05, 4.69) is 19.2 Å². The standard InChI is InChI=1S/C61H93NO9/c1-3-5-7-9-11-13-15-17-19-21-23-25-36-44-54(63)53(62-56(64)45-37-26-24-22-20-18-16-14-12-10-8-6-4-2)48-69-61-59(71-60(66)52-42-34-29-35-43-52)58(68-47-51-40-32-28-33-41-51)57(65)55(70-61)49-67-46-50-38-30-27-31-39-50/h27-36,38-44,53-55,57-59,61,63,65H,3-26,37,45-49H2,1-2H3,(H,62,64)/b44-36+/t53?,54-,55-,57-,58+,59-,61-/m1/s1. The Morgan fingerprint density at radius 3 is 1.62 bits per heavy atom. The Labute approximate surface area is 429 Å². The van der Waals surface area contributed by atoms with Crippen LogP contribution in [0.2, 0.25) is 0 Å². The second-order valence-electron chi connectivity index (χ2n) is 19.8. The molecule has 0 aliphatic carbocycles. The number of allylic oxidation sites excluding steroid dienone is 1. The van der Waals surface area contributed by atoms with Gasteiger partial charge < -0.3 is 39.2 Å². The van der Waals surface area contributed by atoms with Crippen molar-refractivity contribution in [2.24, 2.45) is 0 Å². The minimum atomic E-state index is -1.28. The number of carbonyl (C=O) groups excluding carboxylic acids is 2. The lowest BCUT2D eigenvalue weighted by Crippen LogP contribution is -2.62. The summed E-state index contributed by atoms with van der Waals surface area (Å²) >= 11 is 0. The van der Waals surface area contributed by atoms with Crippen molar-refractivity contribution in [2.45, 2.75) is 237 Å². The van der Waals surface area contributed by atoms with Crippen LogP contribution in [0.3, 0.4) is 0 Å². The molecule has 1 amide bonds. The molecule has 0 aromatic heterocycles. The molecule has 71 heavy (non-hydrogen) atoms. The zero-order valence-electron chi connectivity index (χ0n) is 43.8. The molecule has 3 aromatic rings. The summed E-state index contributed by atoms with van der Waals surface area (Å²) in [6, 6.07) is 27.1. The molecule has 1 heterocycles. The number of rotatable bonds is 41. The second-order valence-corrected chi connectivity index (χ2v) is 19.8. The van der Waals surface area contributed by atoms with E-state index in [9.17, 15) is 19.8 Å². The fraction of sp³-hybridized carbons (Fsp3) is 0.639. The normalized spacial score (nSPS) is 18.9. The van der Waals surface area contributed by atoms with Crippen molar-refractivity contribution in [1.29, 1.82) is 0 Å². The van der Waals surface area contributed by atoms with Crippen molar-refractivity contribution in [2.75, 3.05) is 13.2 Å². The number of aliphatic hydroxyl groups excluding tert-OH is 2. The van der Waals surface area contributed by atoms with Crippen LogP contribution in [0, 0.1) is 0 Å². The SMILES string of the molecule is CCCCCCCCCCCCC/C=C/[C@@H](O)C(CO[C@@H]1O[C@H](COCc2ccccc2)[C@@H](O)[C@H](OCc2ccccc2)[C@H]1OC(=O)c1ccccc1)NC(=O)CCCCCCCCCCCCCCC. The van der Waals surface area contributed by atoms with Crippen LogP contribution in [0.5, 0.6) is 0 Å². The summed E-state index contributed by atoms with van der Waals surface area (Å²) in [7, 11) is 0. The topological polar surface area (TPSA) is 133 Å². The van der Waals surface area contributed by atoms with E-state index in [4.69, 9.17) is 23.7 Å². The van der Waals surface area contributed by atoms with Crippen LogP contribution in [0.25, 0.3) is 0 Å². The zero-order valence-corrected chi connectivity index (χ0v) is 43.8. The molecule has 0 bridgehead atoms. The van der Waals surface area contributed by atoms with E-state index in [1.165, 1.54) is 122 Å². The monoisotopic (exact) mass is 984 g/mol. The third kappa shape index (κ3) is 26.1. The van der Waals surface area contributed by atoms with Crippen LogP contribution in [-0.2, 0) is 41.7 Å². The van der Waals surface area contributed by atoms with E-state index in [1.807, 2.05) is 72.8 Å². The zero-order chi connectivity index (χ0) is 50.4. The van der Waals surface area contributed by atoms with Crippen LogP contribution in [0.4, 0.5) is 0 Å². The van der Waals surface area contributed by atoms with Gasteiger partial charge in [-0.25, -0.2) is 4.79 Å². The predicted molar refractivity (Wildman–Crippen MR) is 286 cm³/mol. The number of unbranched alkanes of at least 4 members (excludes halogenated alkanes) is 23. The maximum atomic E-state index is 13.8. The molecule has 7 atom stereocenters. The molecule has 0 radical (unpaired) electrons. The first-order valence-corrected chi connectivity index (χ1v) is 28.0. The van der Waals surface area contributed by atoms with Crippen LogP contribution < -0.4 is 5.32 Å². The van der Waals surface area contributed by atoms with Gasteiger partial charge in [0, 0.05) is 6.42 Å². The molecule has 396 valence electrons. The summed E-state index contributed by atoms with van der Waals surface area (Å²) in [6.07, 6.45) is 27.8. The largest absolute Gasteiger partial charge is 0.450 e. The van der Waals surface area contributed by atoms with Crippen molar-refractivity contribution in [3.05, 3.63) is 120 Å². The predicted octanol–water partition coefficient (Wildman–Crippen LogP) is 13.7. The quantitative estimate of drug-likeness (QED) is 0.0289. The molecule has 1 unspecified atom stereocenters. The Kier molecular flexibility index (Phi) is 32.5. The maximum Gasteiger partial charge on any atom is 0.338 e. The first-order chi connectivity index (χ1) is 34.9. The molecule has 1 aliphatic heterocycles. The lowest BCUT2D eigenvalue weighted by Gasteiger charge is -2.44. The van der Waals surface area contributed by atoms with Gasteiger partial charge in [-0.15, -0.1) is 0 Å². The van der Waals surface area contributed by atoms with Crippen molar-refractivity contribution in [3.8, 4) is 0 Å². The molecular weight excluding hydrogens is 891 g/mol. The third-order valence-corrected chi connectivity index (χ3v) is 13.6. The summed E-state index contributed by atoms with van der Waals surface area (Å²) in [6.45, 7) is 4.74. The van der Waals surface area contributed by atoms with Crippen molar-refractivity contribution >= 4 is 11.9 Å². The Morgan fingerprint density at radius 1 is 0.606 bits per heavy atom. The van der Waals surface area contributed by atoms with E-state index >= 15 is 0 Å². The average molecular weight is 984 g/mol. The number of hydrogen-bond acceptors (Lipinski definition) is 9. The smallest absolute Gasteiger partial charge is 0.338 e. The van der Waals surface area contributed by atoms with Crippen molar-refractivity contribution in [3.63, 3.8) is 0 Å². The molecule has 1 aliphatic rings. The van der Waals surface area contributed by atoms with Gasteiger partial charge in [-0.1, -0.05) is 246 Å². The third-order valence-electron chi connectivity index (χ3n) is 13.6. The van der Waals surface area contributed by atoms with E-state index in [0.717, 1.165) is 49.7 Å². The fourth-order valence-corrected chi connectivity index (χ4v) is 9.18. The van der Waals surface area contributed by atoms with Crippen LogP contribution in [0.1, 0.15) is 202 Å². The van der Waals surface area contributed by atoms with Gasteiger partial charge in [0.1, 0.15) is 18.3 Å². The highest BCUT2D eigenvalue weighted by molar-refractivity contribution is 5.89. The number of carbonyl (C=O) groups is 2. The molecule has 10 heteroatoms. The molecule has 4 rings (SSSR count). The highest BCUT2D eigenvalue weighted by Crippen LogP contribution is 2.30. The van der Waals surface area contributed by atoms with E-state index in [-0.39, 0.29) is 32.3 Å². The number of benzene rings is 3. The molecule has 0 saturated carbocycles. The van der Waals surface area contributed by atoms with E-state index in [1.54, 1.807) is 30.3 Å². The minimum Gasteiger partial charge on any atom is -0.450 e. The van der Waals surface area contributed by atoms with Gasteiger partial charge in [-0.3, -0.25) is 4.79 Å². The van der Waals surface area contributed by atoms with Gasteiger partial charge in [-0.2, -0.15) is 0 Å². The number of hydrogen-bond donors (Lipinski definition) is 3. The lowest BCUT2D eigenvalue weighted by molar-refractivity contribution is -0.311. The van der Waals surface area contributed by atoms with Crippen molar-refractivity contribution < 1.29 is 43.5 Å². The average Bonchev–Trinajstić information content (AvgIpc) is 3.39. The molecule has 3 aromatic carbocycles. The number of amides is 1. The van der Waals surface area contributed by atoms with Gasteiger partial charge in [0.05, 0.1) is 44.1 Å². The first kappa shape index (κ1) is 59.7. The molecule has 1 fully saturated rings. The van der Waals surface area contributed by atoms with Gasteiger partial charge in [0.15, 0.2) is 12.4 Å². The van der Waals surface area contributed by atoms with Crippen LogP contribution in [-0.4, -0.2) is 78.2 Å². The highest BCUT2D eigenvalue weighted by Gasteiger charge is 2.49. The number of ether oxygens (including phenoxy) is 5. The maximum absolute atomic E-state index is 13.8. The molecule has 1 saturated heterocycles. The summed E-state index contributed by atoms with van der Waals surface area (Å²) in [5.74, 6) is -0.803. The van der Waals surface area contributed by atoms with Gasteiger partial charge in [-0.05, 0) is 42.5 Å². The molecular formula is C61H93NO9. The molecule has 0 spiro atoms. The first-order valence-electron chi connectivity index (χ1n) is 28.0. The van der Waals surface area contributed by atoms with E-state index < -0.39 is 48.8 Å².